The Kier molecular flexibility index (Phi) is 6.71. The molecule has 0 saturated carbocycles. The van der Waals surface area contributed by atoms with Gasteiger partial charge in [-0.25, -0.2) is 4.79 Å². The monoisotopic (exact) mass is 368 g/mol. The molecule has 27 heavy (non-hydrogen) atoms. The molecule has 2 rings (SSSR count). The summed E-state index contributed by atoms with van der Waals surface area (Å²) in [7, 11) is 0. The fraction of sp³-hybridized carbons (Fsp3) is 0.286. The van der Waals surface area contributed by atoms with Crippen LogP contribution in [0.25, 0.3) is 0 Å². The normalized spacial score (nSPS) is 12.6. The zero-order valence-corrected chi connectivity index (χ0v) is 15.9. The predicted octanol–water partition coefficient (Wildman–Crippen LogP) is 2.99. The summed E-state index contributed by atoms with van der Waals surface area (Å²) in [4.78, 5) is 36.6. The van der Waals surface area contributed by atoms with Gasteiger partial charge in [-0.1, -0.05) is 29.8 Å². The molecular formula is C21H24N2O4. The van der Waals surface area contributed by atoms with Crippen molar-refractivity contribution in [2.24, 2.45) is 0 Å². The van der Waals surface area contributed by atoms with Crippen molar-refractivity contribution in [3.63, 3.8) is 0 Å². The second-order valence-corrected chi connectivity index (χ2v) is 6.50. The molecule has 0 fully saturated rings. The number of rotatable bonds is 6. The first-order valence-corrected chi connectivity index (χ1v) is 8.72. The molecule has 2 aromatic carbocycles. The summed E-state index contributed by atoms with van der Waals surface area (Å²) in [5, 5.41) is 5.28. The standard InChI is InChI=1S/C21H24N2O4/c1-13-7-5-9-17(11-13)20(25)22-15(3)21(26)27-16(4)19(24)23-18-10-6-8-14(2)12-18/h5-12,15-16H,1-4H3,(H,22,25)(H,23,24). The third-order valence-corrected chi connectivity index (χ3v) is 3.93. The van der Waals surface area contributed by atoms with E-state index in [-0.39, 0.29) is 5.91 Å². The fourth-order valence-corrected chi connectivity index (χ4v) is 2.42. The predicted molar refractivity (Wildman–Crippen MR) is 103 cm³/mol. The molecule has 142 valence electrons. The van der Waals surface area contributed by atoms with Crippen LogP contribution < -0.4 is 10.6 Å². The summed E-state index contributed by atoms with van der Waals surface area (Å²) >= 11 is 0. The Balaban J connectivity index is 1.89. The third kappa shape index (κ3) is 5.95. The molecule has 0 radical (unpaired) electrons. The Labute approximate surface area is 158 Å². The van der Waals surface area contributed by atoms with E-state index in [0.29, 0.717) is 11.3 Å². The molecule has 0 heterocycles. The van der Waals surface area contributed by atoms with E-state index in [1.807, 2.05) is 38.1 Å². The first-order valence-electron chi connectivity index (χ1n) is 8.72. The first kappa shape index (κ1) is 20.2. The van der Waals surface area contributed by atoms with Gasteiger partial charge in [-0.15, -0.1) is 0 Å². The van der Waals surface area contributed by atoms with Crippen LogP contribution in [0.4, 0.5) is 5.69 Å². The molecule has 2 N–H and O–H groups in total. The summed E-state index contributed by atoms with van der Waals surface area (Å²) in [5.41, 5.74) is 3.04. The van der Waals surface area contributed by atoms with Crippen molar-refractivity contribution in [3.8, 4) is 0 Å². The highest BCUT2D eigenvalue weighted by atomic mass is 16.5. The average Bonchev–Trinajstić information content (AvgIpc) is 2.61. The first-order chi connectivity index (χ1) is 12.8. The van der Waals surface area contributed by atoms with E-state index in [0.717, 1.165) is 11.1 Å². The van der Waals surface area contributed by atoms with Crippen LogP contribution in [-0.4, -0.2) is 29.9 Å². The van der Waals surface area contributed by atoms with E-state index >= 15 is 0 Å². The lowest BCUT2D eigenvalue weighted by atomic mass is 10.1. The molecule has 0 aromatic heterocycles. The molecule has 6 heteroatoms. The number of esters is 1. The van der Waals surface area contributed by atoms with Crippen molar-refractivity contribution in [2.75, 3.05) is 5.32 Å². The lowest BCUT2D eigenvalue weighted by molar-refractivity contribution is -0.154. The van der Waals surface area contributed by atoms with Crippen LogP contribution in [0.15, 0.2) is 48.5 Å². The molecule has 0 saturated heterocycles. The SMILES string of the molecule is Cc1cccc(NC(=O)C(C)OC(=O)C(C)NC(=O)c2cccc(C)c2)c1. The molecule has 0 bridgehead atoms. The van der Waals surface area contributed by atoms with Crippen molar-refractivity contribution in [1.82, 2.24) is 5.32 Å². The average molecular weight is 368 g/mol. The number of anilines is 1. The van der Waals surface area contributed by atoms with Gasteiger partial charge < -0.3 is 15.4 Å². The maximum atomic E-state index is 12.2. The van der Waals surface area contributed by atoms with Crippen LogP contribution in [0.5, 0.6) is 0 Å². The van der Waals surface area contributed by atoms with Gasteiger partial charge in [0.05, 0.1) is 0 Å². The van der Waals surface area contributed by atoms with Gasteiger partial charge in [0.25, 0.3) is 11.8 Å². The van der Waals surface area contributed by atoms with E-state index in [9.17, 15) is 14.4 Å². The molecule has 2 unspecified atom stereocenters. The molecule has 0 aliphatic rings. The second-order valence-electron chi connectivity index (χ2n) is 6.50. The lowest BCUT2D eigenvalue weighted by Gasteiger charge is -2.18. The topological polar surface area (TPSA) is 84.5 Å². The molecule has 0 spiro atoms. The van der Waals surface area contributed by atoms with Gasteiger partial charge in [0, 0.05) is 11.3 Å². The molecule has 0 aliphatic heterocycles. The largest absolute Gasteiger partial charge is 0.451 e. The Bertz CT molecular complexity index is 848. The van der Waals surface area contributed by atoms with E-state index in [1.54, 1.807) is 24.3 Å². The Morgan fingerprint density at radius 1 is 0.926 bits per heavy atom. The zero-order chi connectivity index (χ0) is 20.0. The van der Waals surface area contributed by atoms with E-state index in [2.05, 4.69) is 10.6 Å². The summed E-state index contributed by atoms with van der Waals surface area (Å²) in [6.45, 7) is 6.79. The number of benzene rings is 2. The van der Waals surface area contributed by atoms with Crippen molar-refractivity contribution in [1.29, 1.82) is 0 Å². The van der Waals surface area contributed by atoms with Crippen molar-refractivity contribution in [2.45, 2.75) is 39.8 Å². The van der Waals surface area contributed by atoms with E-state index in [1.165, 1.54) is 13.8 Å². The smallest absolute Gasteiger partial charge is 0.329 e. The number of aryl methyl sites for hydroxylation is 2. The van der Waals surface area contributed by atoms with Crippen molar-refractivity contribution >= 4 is 23.5 Å². The van der Waals surface area contributed by atoms with E-state index < -0.39 is 24.0 Å². The van der Waals surface area contributed by atoms with Crippen LogP contribution in [0.2, 0.25) is 0 Å². The highest BCUT2D eigenvalue weighted by molar-refractivity contribution is 5.98. The molecular weight excluding hydrogens is 344 g/mol. The minimum absolute atomic E-state index is 0.375. The third-order valence-electron chi connectivity index (χ3n) is 3.93. The fourth-order valence-electron chi connectivity index (χ4n) is 2.42. The van der Waals surface area contributed by atoms with Gasteiger partial charge >= 0.3 is 5.97 Å². The number of carbonyl (C=O) groups is 3. The number of hydrogen-bond donors (Lipinski definition) is 2. The zero-order valence-electron chi connectivity index (χ0n) is 15.9. The Hall–Kier alpha value is -3.15. The molecule has 2 atom stereocenters. The number of carbonyl (C=O) groups excluding carboxylic acids is 3. The van der Waals surface area contributed by atoms with Gasteiger partial charge in [-0.2, -0.15) is 0 Å². The minimum atomic E-state index is -0.990. The minimum Gasteiger partial charge on any atom is -0.451 e. The van der Waals surface area contributed by atoms with Gasteiger partial charge in [-0.05, 0) is 57.5 Å². The lowest BCUT2D eigenvalue weighted by Crippen LogP contribution is -2.42. The molecule has 2 aromatic rings. The van der Waals surface area contributed by atoms with Crippen LogP contribution >= 0.6 is 0 Å². The maximum Gasteiger partial charge on any atom is 0.329 e. The number of nitrogens with one attached hydrogen (secondary N) is 2. The highest BCUT2D eigenvalue weighted by Gasteiger charge is 2.23. The van der Waals surface area contributed by atoms with Crippen LogP contribution in [0.3, 0.4) is 0 Å². The number of ether oxygens (including phenoxy) is 1. The van der Waals surface area contributed by atoms with Gasteiger partial charge in [0.2, 0.25) is 0 Å². The summed E-state index contributed by atoms with van der Waals surface area (Å²) in [6, 6.07) is 13.5. The van der Waals surface area contributed by atoms with Crippen LogP contribution in [0.1, 0.15) is 35.3 Å². The molecule has 6 nitrogen and oxygen atoms in total. The number of amides is 2. The van der Waals surface area contributed by atoms with E-state index in [4.69, 9.17) is 4.74 Å². The highest BCUT2D eigenvalue weighted by Crippen LogP contribution is 2.11. The quantitative estimate of drug-likeness (QED) is 0.768. The molecule has 0 aliphatic carbocycles. The summed E-state index contributed by atoms with van der Waals surface area (Å²) < 4.78 is 5.17. The molecule has 2 amide bonds. The summed E-state index contributed by atoms with van der Waals surface area (Å²) in [5.74, 6) is -1.49. The Morgan fingerprint density at radius 3 is 2.19 bits per heavy atom. The maximum absolute atomic E-state index is 12.2. The van der Waals surface area contributed by atoms with Crippen molar-refractivity contribution in [3.05, 3.63) is 65.2 Å². The Morgan fingerprint density at radius 2 is 1.56 bits per heavy atom. The summed E-state index contributed by atoms with van der Waals surface area (Å²) in [6.07, 6.45) is -0.990. The number of hydrogen-bond acceptors (Lipinski definition) is 4. The van der Waals surface area contributed by atoms with Gasteiger partial charge in [0.15, 0.2) is 6.10 Å². The van der Waals surface area contributed by atoms with Gasteiger partial charge in [-0.3, -0.25) is 9.59 Å². The van der Waals surface area contributed by atoms with Gasteiger partial charge in [0.1, 0.15) is 6.04 Å². The van der Waals surface area contributed by atoms with Crippen LogP contribution in [-0.2, 0) is 14.3 Å². The van der Waals surface area contributed by atoms with Crippen molar-refractivity contribution < 1.29 is 19.1 Å². The second kappa shape index (κ2) is 8.98. The van der Waals surface area contributed by atoms with Crippen LogP contribution in [0, 0.1) is 13.8 Å².